The van der Waals surface area contributed by atoms with Gasteiger partial charge in [0.15, 0.2) is 5.65 Å². The molecule has 6 heteroatoms. The summed E-state index contributed by atoms with van der Waals surface area (Å²) in [5.41, 5.74) is 1.74. The third kappa shape index (κ3) is 2.15. The Morgan fingerprint density at radius 3 is 2.94 bits per heavy atom. The summed E-state index contributed by atoms with van der Waals surface area (Å²) >= 11 is 0. The number of hydrogen-bond acceptors (Lipinski definition) is 5. The van der Waals surface area contributed by atoms with Crippen LogP contribution in [0, 0.1) is 6.92 Å². The van der Waals surface area contributed by atoms with Crippen LogP contribution in [-0.4, -0.2) is 51.2 Å². The summed E-state index contributed by atoms with van der Waals surface area (Å²) in [5.74, 6) is 0.695. The van der Waals surface area contributed by atoms with Crippen molar-refractivity contribution in [3.8, 4) is 0 Å². The lowest BCUT2D eigenvalue weighted by molar-refractivity contribution is 0.263. The number of aromatic amines is 1. The van der Waals surface area contributed by atoms with Crippen LogP contribution in [0.1, 0.15) is 18.5 Å². The van der Waals surface area contributed by atoms with E-state index in [1.54, 1.807) is 0 Å². The number of aryl methyl sites for hydroxylation is 1. The molecule has 18 heavy (non-hydrogen) atoms. The first kappa shape index (κ1) is 11.4. The van der Waals surface area contributed by atoms with Crippen molar-refractivity contribution in [2.75, 3.05) is 25.5 Å². The fourth-order valence-corrected chi connectivity index (χ4v) is 2.33. The molecule has 0 unspecified atom stereocenters. The van der Waals surface area contributed by atoms with Crippen molar-refractivity contribution >= 4 is 17.0 Å². The maximum Gasteiger partial charge on any atom is 0.224 e. The third-order valence-corrected chi connectivity index (χ3v) is 3.56. The molecule has 3 heterocycles. The molecule has 1 fully saturated rings. The minimum absolute atomic E-state index is 0.475. The molecular formula is C12H18N6. The predicted molar refractivity (Wildman–Crippen MR) is 70.6 cm³/mol. The van der Waals surface area contributed by atoms with Gasteiger partial charge in [-0.15, -0.1) is 0 Å². The third-order valence-electron chi connectivity index (χ3n) is 3.56. The molecule has 2 aromatic rings. The quantitative estimate of drug-likeness (QED) is 0.832. The molecule has 96 valence electrons. The molecule has 0 spiro atoms. The van der Waals surface area contributed by atoms with Crippen LogP contribution in [0.25, 0.3) is 11.0 Å². The monoisotopic (exact) mass is 246 g/mol. The summed E-state index contributed by atoms with van der Waals surface area (Å²) in [7, 11) is 2.16. The standard InChI is InChI=1S/C12H18N6/c1-8-10-7-13-12(15-11(10)17-16-8)14-9-3-5-18(2)6-4-9/h7,9H,3-6H2,1-2H3,(H2,13,14,15,16,17). The van der Waals surface area contributed by atoms with Crippen LogP contribution in [0.2, 0.25) is 0 Å². The zero-order valence-electron chi connectivity index (χ0n) is 10.8. The van der Waals surface area contributed by atoms with Gasteiger partial charge in [-0.3, -0.25) is 5.10 Å². The summed E-state index contributed by atoms with van der Waals surface area (Å²) in [6.45, 7) is 4.21. The zero-order valence-corrected chi connectivity index (χ0v) is 10.8. The van der Waals surface area contributed by atoms with Gasteiger partial charge in [-0.25, -0.2) is 4.98 Å². The largest absolute Gasteiger partial charge is 0.351 e. The summed E-state index contributed by atoms with van der Waals surface area (Å²) < 4.78 is 0. The molecule has 1 aliphatic heterocycles. The highest BCUT2D eigenvalue weighted by Gasteiger charge is 2.17. The lowest BCUT2D eigenvalue weighted by Gasteiger charge is -2.29. The van der Waals surface area contributed by atoms with E-state index in [0.717, 1.165) is 42.7 Å². The van der Waals surface area contributed by atoms with Gasteiger partial charge in [-0.2, -0.15) is 10.1 Å². The Morgan fingerprint density at radius 1 is 1.39 bits per heavy atom. The second kappa shape index (κ2) is 4.53. The van der Waals surface area contributed by atoms with Crippen molar-refractivity contribution in [2.45, 2.75) is 25.8 Å². The van der Waals surface area contributed by atoms with Gasteiger partial charge in [0.1, 0.15) is 0 Å². The Morgan fingerprint density at radius 2 is 2.17 bits per heavy atom. The molecule has 0 bridgehead atoms. The van der Waals surface area contributed by atoms with Crippen LogP contribution in [-0.2, 0) is 0 Å². The molecule has 6 nitrogen and oxygen atoms in total. The van der Waals surface area contributed by atoms with Gasteiger partial charge in [-0.1, -0.05) is 0 Å². The Balaban J connectivity index is 1.74. The number of likely N-dealkylation sites (tertiary alicyclic amines) is 1. The van der Waals surface area contributed by atoms with Crippen LogP contribution < -0.4 is 5.32 Å². The van der Waals surface area contributed by atoms with E-state index < -0.39 is 0 Å². The SMILES string of the molecule is Cc1n[nH]c2nc(NC3CCN(C)CC3)ncc12. The Kier molecular flexibility index (Phi) is 2.87. The van der Waals surface area contributed by atoms with E-state index >= 15 is 0 Å². The van der Waals surface area contributed by atoms with Crippen LogP contribution in [0.3, 0.4) is 0 Å². The number of anilines is 1. The minimum atomic E-state index is 0.475. The Labute approximate surface area is 106 Å². The van der Waals surface area contributed by atoms with E-state index in [4.69, 9.17) is 0 Å². The van der Waals surface area contributed by atoms with Crippen LogP contribution >= 0.6 is 0 Å². The van der Waals surface area contributed by atoms with Crippen LogP contribution in [0.5, 0.6) is 0 Å². The second-order valence-electron chi connectivity index (χ2n) is 4.99. The first-order valence-corrected chi connectivity index (χ1v) is 6.35. The van der Waals surface area contributed by atoms with Gasteiger partial charge in [0.05, 0.1) is 11.1 Å². The topological polar surface area (TPSA) is 69.7 Å². The highest BCUT2D eigenvalue weighted by atomic mass is 15.2. The van der Waals surface area contributed by atoms with Crippen molar-refractivity contribution in [3.05, 3.63) is 11.9 Å². The van der Waals surface area contributed by atoms with Gasteiger partial charge in [0.25, 0.3) is 0 Å². The number of fused-ring (bicyclic) bond motifs is 1. The number of rotatable bonds is 2. The van der Waals surface area contributed by atoms with Crippen molar-refractivity contribution in [3.63, 3.8) is 0 Å². The molecule has 1 saturated heterocycles. The number of nitrogens with one attached hydrogen (secondary N) is 2. The molecule has 0 amide bonds. The van der Waals surface area contributed by atoms with Crippen LogP contribution in [0.15, 0.2) is 6.20 Å². The summed E-state index contributed by atoms with van der Waals surface area (Å²) in [5, 5.41) is 11.5. The second-order valence-corrected chi connectivity index (χ2v) is 4.99. The molecule has 2 aromatic heterocycles. The zero-order chi connectivity index (χ0) is 12.5. The molecule has 0 radical (unpaired) electrons. The number of piperidine rings is 1. The maximum absolute atomic E-state index is 4.46. The lowest BCUT2D eigenvalue weighted by Crippen LogP contribution is -2.37. The van der Waals surface area contributed by atoms with Crippen molar-refractivity contribution in [1.29, 1.82) is 0 Å². The number of nitrogens with zero attached hydrogens (tertiary/aromatic N) is 4. The first-order valence-electron chi connectivity index (χ1n) is 6.35. The minimum Gasteiger partial charge on any atom is -0.351 e. The molecule has 3 rings (SSSR count). The highest BCUT2D eigenvalue weighted by Crippen LogP contribution is 2.16. The summed E-state index contributed by atoms with van der Waals surface area (Å²) in [6, 6.07) is 0.475. The summed E-state index contributed by atoms with van der Waals surface area (Å²) in [4.78, 5) is 11.2. The van der Waals surface area contributed by atoms with Gasteiger partial charge >= 0.3 is 0 Å². The summed E-state index contributed by atoms with van der Waals surface area (Å²) in [6.07, 6.45) is 4.11. The van der Waals surface area contributed by atoms with Crippen molar-refractivity contribution in [1.82, 2.24) is 25.1 Å². The number of hydrogen-bond donors (Lipinski definition) is 2. The molecule has 0 saturated carbocycles. The van der Waals surface area contributed by atoms with E-state index in [1.807, 2.05) is 13.1 Å². The van der Waals surface area contributed by atoms with E-state index in [2.05, 4.69) is 37.4 Å². The predicted octanol–water partition coefficient (Wildman–Crippen LogP) is 1.17. The highest BCUT2D eigenvalue weighted by molar-refractivity contribution is 5.77. The average Bonchev–Trinajstić information content (AvgIpc) is 2.74. The fraction of sp³-hybridized carbons (Fsp3) is 0.583. The molecule has 0 aromatic carbocycles. The average molecular weight is 246 g/mol. The van der Waals surface area contributed by atoms with Gasteiger partial charge in [0, 0.05) is 12.2 Å². The van der Waals surface area contributed by atoms with Crippen LogP contribution in [0.4, 0.5) is 5.95 Å². The first-order chi connectivity index (χ1) is 8.72. The smallest absolute Gasteiger partial charge is 0.224 e. The van der Waals surface area contributed by atoms with E-state index in [1.165, 1.54) is 0 Å². The maximum atomic E-state index is 4.46. The molecule has 0 aliphatic carbocycles. The molecule has 1 aliphatic rings. The van der Waals surface area contributed by atoms with Crippen molar-refractivity contribution < 1.29 is 0 Å². The molecule has 2 N–H and O–H groups in total. The number of H-pyrrole nitrogens is 1. The normalized spacial score (nSPS) is 18.3. The Hall–Kier alpha value is -1.69. The van der Waals surface area contributed by atoms with E-state index in [-0.39, 0.29) is 0 Å². The number of aromatic nitrogens is 4. The van der Waals surface area contributed by atoms with Gasteiger partial charge in [-0.05, 0) is 39.9 Å². The van der Waals surface area contributed by atoms with Crippen molar-refractivity contribution in [2.24, 2.45) is 0 Å². The van der Waals surface area contributed by atoms with E-state index in [0.29, 0.717) is 12.0 Å². The van der Waals surface area contributed by atoms with E-state index in [9.17, 15) is 0 Å². The lowest BCUT2D eigenvalue weighted by atomic mass is 10.1. The Bertz CT molecular complexity index is 540. The molecular weight excluding hydrogens is 228 g/mol. The fourth-order valence-electron chi connectivity index (χ4n) is 2.33. The van der Waals surface area contributed by atoms with Gasteiger partial charge < -0.3 is 10.2 Å². The molecule has 0 atom stereocenters. The van der Waals surface area contributed by atoms with Gasteiger partial charge in [0.2, 0.25) is 5.95 Å².